The molecule has 7 nitrogen and oxygen atoms in total. The van der Waals surface area contributed by atoms with Gasteiger partial charge in [-0.25, -0.2) is 4.98 Å². The van der Waals surface area contributed by atoms with E-state index in [2.05, 4.69) is 9.67 Å². The molecule has 2 aromatic rings. The number of hydrogen-bond acceptors (Lipinski definition) is 5. The molecule has 1 saturated heterocycles. The van der Waals surface area contributed by atoms with E-state index in [1.54, 1.807) is 11.8 Å². The quantitative estimate of drug-likeness (QED) is 0.292. The Kier molecular flexibility index (Phi) is 6.35. The van der Waals surface area contributed by atoms with Gasteiger partial charge in [0.2, 0.25) is 0 Å². The topological polar surface area (TPSA) is 73.0 Å². The highest BCUT2D eigenvalue weighted by molar-refractivity contribution is 7.98. The number of para-hydroxylation sites is 1. The average molecular weight is 500 g/mol. The summed E-state index contributed by atoms with van der Waals surface area (Å²) in [6, 6.07) is 17.5. The second-order valence-corrected chi connectivity index (χ2v) is 10.5. The molecule has 0 radical (unpaired) electrons. The molecule has 2 aromatic carbocycles. The fraction of sp³-hybridized carbons (Fsp3) is 0.357. The predicted octanol–water partition coefficient (Wildman–Crippen LogP) is 4.79. The van der Waals surface area contributed by atoms with E-state index in [-0.39, 0.29) is 11.5 Å². The Morgan fingerprint density at radius 2 is 1.64 bits per heavy atom. The van der Waals surface area contributed by atoms with Crippen molar-refractivity contribution in [2.45, 2.75) is 56.0 Å². The summed E-state index contributed by atoms with van der Waals surface area (Å²) in [5.41, 5.74) is 4.26. The van der Waals surface area contributed by atoms with Crippen molar-refractivity contribution < 1.29 is 4.79 Å². The molecule has 0 bridgehead atoms. The van der Waals surface area contributed by atoms with Crippen LogP contribution in [0.5, 0.6) is 0 Å². The van der Waals surface area contributed by atoms with Crippen LogP contribution in [0.25, 0.3) is 17.1 Å². The second-order valence-electron chi connectivity index (χ2n) is 9.54. The lowest BCUT2D eigenvalue weighted by Crippen LogP contribution is -2.27. The first-order valence-corrected chi connectivity index (χ1v) is 13.8. The Labute approximate surface area is 214 Å². The van der Waals surface area contributed by atoms with Crippen molar-refractivity contribution in [3.05, 3.63) is 81.8 Å². The van der Waals surface area contributed by atoms with Gasteiger partial charge < -0.3 is 9.47 Å². The van der Waals surface area contributed by atoms with Crippen molar-refractivity contribution in [3.8, 4) is 17.1 Å². The number of nitrogens with zero attached hydrogens (tertiary/aromatic N) is 5. The van der Waals surface area contributed by atoms with E-state index in [0.717, 1.165) is 91.6 Å². The van der Waals surface area contributed by atoms with E-state index in [0.29, 0.717) is 11.4 Å². The van der Waals surface area contributed by atoms with Crippen LogP contribution in [0.2, 0.25) is 0 Å². The number of amides is 1. The summed E-state index contributed by atoms with van der Waals surface area (Å²) in [5.74, 6) is 1.38. The van der Waals surface area contributed by atoms with Gasteiger partial charge in [-0.3, -0.25) is 9.59 Å². The first-order valence-electron chi connectivity index (χ1n) is 12.8. The molecular weight excluding hydrogens is 470 g/mol. The summed E-state index contributed by atoms with van der Waals surface area (Å²) < 4.78 is 3.72. The molecule has 0 atom stereocenters. The number of likely N-dealkylation sites (tertiary alicyclic amines) is 1. The van der Waals surface area contributed by atoms with Crippen LogP contribution in [0, 0.1) is 0 Å². The summed E-state index contributed by atoms with van der Waals surface area (Å²) >= 11 is 1.67. The Hall–Kier alpha value is -3.39. The van der Waals surface area contributed by atoms with Crippen molar-refractivity contribution >= 4 is 17.7 Å². The van der Waals surface area contributed by atoms with Gasteiger partial charge in [-0.1, -0.05) is 48.5 Å². The van der Waals surface area contributed by atoms with E-state index >= 15 is 0 Å². The third-order valence-electron chi connectivity index (χ3n) is 7.13. The van der Waals surface area contributed by atoms with Gasteiger partial charge in [0, 0.05) is 36.6 Å². The highest BCUT2D eigenvalue weighted by atomic mass is 32.2. The van der Waals surface area contributed by atoms with Crippen molar-refractivity contribution in [3.63, 3.8) is 0 Å². The van der Waals surface area contributed by atoms with Gasteiger partial charge in [0.05, 0.1) is 5.69 Å². The Bertz CT molecular complexity index is 1400. The molecule has 184 valence electrons. The van der Waals surface area contributed by atoms with Gasteiger partial charge in [-0.2, -0.15) is 4.68 Å². The molecule has 8 heteroatoms. The first-order chi connectivity index (χ1) is 17.7. The fourth-order valence-electron chi connectivity index (χ4n) is 5.20. The van der Waals surface area contributed by atoms with E-state index in [9.17, 15) is 9.59 Å². The van der Waals surface area contributed by atoms with Crippen molar-refractivity contribution in [2.24, 2.45) is 0 Å². The molecule has 0 saturated carbocycles. The molecular formula is C28H29N5O2S. The van der Waals surface area contributed by atoms with Gasteiger partial charge in [0.25, 0.3) is 11.5 Å². The summed E-state index contributed by atoms with van der Waals surface area (Å²) in [6.07, 6.45) is 6.32. The Morgan fingerprint density at radius 3 is 2.42 bits per heavy atom. The van der Waals surface area contributed by atoms with Crippen LogP contribution >= 0.6 is 11.8 Å². The van der Waals surface area contributed by atoms with Gasteiger partial charge in [0.15, 0.2) is 11.0 Å². The summed E-state index contributed by atoms with van der Waals surface area (Å²) in [6.45, 7) is 2.58. The van der Waals surface area contributed by atoms with Crippen molar-refractivity contribution in [1.82, 2.24) is 24.2 Å². The normalized spacial score (nSPS) is 15.7. The molecule has 1 amide bonds. The molecule has 6 rings (SSSR count). The van der Waals surface area contributed by atoms with Crippen molar-refractivity contribution in [2.75, 3.05) is 13.1 Å². The highest BCUT2D eigenvalue weighted by Gasteiger charge is 2.27. The number of thioether (sulfide) groups is 1. The zero-order valence-electron chi connectivity index (χ0n) is 20.2. The summed E-state index contributed by atoms with van der Waals surface area (Å²) in [4.78, 5) is 32.9. The van der Waals surface area contributed by atoms with Gasteiger partial charge >= 0.3 is 0 Å². The van der Waals surface area contributed by atoms with E-state index in [1.165, 1.54) is 4.68 Å². The first kappa shape index (κ1) is 23.0. The van der Waals surface area contributed by atoms with E-state index < -0.39 is 0 Å². The van der Waals surface area contributed by atoms with Gasteiger partial charge in [0.1, 0.15) is 5.56 Å². The lowest BCUT2D eigenvalue weighted by Gasteiger charge is -2.18. The minimum absolute atomic E-state index is 0.0934. The molecule has 0 unspecified atom stereocenters. The number of fused-ring (bicyclic) bond motifs is 3. The number of hydrogen-bond donors (Lipinski definition) is 0. The molecule has 36 heavy (non-hydrogen) atoms. The van der Waals surface area contributed by atoms with Crippen LogP contribution in [0.4, 0.5) is 0 Å². The average Bonchev–Trinajstić information content (AvgIpc) is 3.49. The number of aromatic nitrogens is 4. The minimum Gasteiger partial charge on any atom is -0.339 e. The SMILES string of the molecule is O=C(c1ccc(CSc2nc3nn(-c4ccccc4)c(=O)c-3c3n2CCCCC3)cc1)N1CCCC1. The minimum atomic E-state index is -0.0934. The van der Waals surface area contributed by atoms with Crippen LogP contribution in [0.1, 0.15) is 53.7 Å². The molecule has 0 N–H and O–H groups in total. The van der Waals surface area contributed by atoms with Crippen LogP contribution in [-0.2, 0) is 18.7 Å². The van der Waals surface area contributed by atoms with Crippen molar-refractivity contribution in [1.29, 1.82) is 0 Å². The zero-order valence-corrected chi connectivity index (χ0v) is 21.0. The second kappa shape index (κ2) is 9.93. The summed E-state index contributed by atoms with van der Waals surface area (Å²) in [5, 5.41) is 5.53. The fourth-order valence-corrected chi connectivity index (χ4v) is 6.20. The maximum absolute atomic E-state index is 13.4. The smallest absolute Gasteiger partial charge is 0.284 e. The third kappa shape index (κ3) is 4.34. The lowest BCUT2D eigenvalue weighted by molar-refractivity contribution is 0.0793. The lowest BCUT2D eigenvalue weighted by atomic mass is 10.1. The molecule has 0 aliphatic carbocycles. The molecule has 4 heterocycles. The van der Waals surface area contributed by atoms with E-state index in [4.69, 9.17) is 4.98 Å². The van der Waals surface area contributed by atoms with Gasteiger partial charge in [-0.05, 0) is 61.9 Å². The monoisotopic (exact) mass is 499 g/mol. The van der Waals surface area contributed by atoms with Crippen LogP contribution < -0.4 is 5.56 Å². The zero-order chi connectivity index (χ0) is 24.5. The standard InChI is InChI=1S/C28H29N5O2S/c34-26(31-16-7-8-17-31)21-14-12-20(13-15-21)19-36-28-29-25-24(23-11-5-2-6-18-32(23)28)27(35)33(30-25)22-9-3-1-4-10-22/h1,3-4,9-10,12-15H,2,5-8,11,16-19H2. The molecule has 0 aromatic heterocycles. The van der Waals surface area contributed by atoms with Crippen LogP contribution in [-0.4, -0.2) is 43.2 Å². The number of rotatable bonds is 5. The molecule has 4 aliphatic rings. The van der Waals surface area contributed by atoms with Crippen LogP contribution in [0.3, 0.4) is 0 Å². The molecule has 0 spiro atoms. The number of carbonyl (C=O) groups excluding carboxylic acids is 1. The summed E-state index contributed by atoms with van der Waals surface area (Å²) in [7, 11) is 0. The number of benzene rings is 2. The van der Waals surface area contributed by atoms with Crippen LogP contribution in [0.15, 0.2) is 64.5 Å². The maximum atomic E-state index is 13.4. The molecule has 4 aliphatic heterocycles. The Balaban J connectivity index is 1.30. The third-order valence-corrected chi connectivity index (χ3v) is 8.18. The Morgan fingerprint density at radius 1 is 0.889 bits per heavy atom. The number of carbonyl (C=O) groups is 1. The van der Waals surface area contributed by atoms with Gasteiger partial charge in [-0.15, -0.1) is 5.10 Å². The predicted molar refractivity (Wildman–Crippen MR) is 141 cm³/mol. The maximum Gasteiger partial charge on any atom is 0.284 e. The largest absolute Gasteiger partial charge is 0.339 e. The molecule has 1 fully saturated rings. The highest BCUT2D eigenvalue weighted by Crippen LogP contribution is 2.32. The van der Waals surface area contributed by atoms with E-state index in [1.807, 2.05) is 59.5 Å².